The monoisotopic (exact) mass is 371 g/mol. The zero-order valence-corrected chi connectivity index (χ0v) is 15.5. The summed E-state index contributed by atoms with van der Waals surface area (Å²) >= 11 is 1.29. The van der Waals surface area contributed by atoms with Crippen molar-refractivity contribution in [3.8, 4) is 0 Å². The van der Waals surface area contributed by atoms with Crippen molar-refractivity contribution in [3.63, 3.8) is 0 Å². The molecule has 0 saturated heterocycles. The van der Waals surface area contributed by atoms with E-state index in [1.807, 2.05) is 31.2 Å². The Morgan fingerprint density at radius 2 is 1.92 bits per heavy atom. The molecule has 1 aromatic heterocycles. The second-order valence-electron chi connectivity index (χ2n) is 6.45. The van der Waals surface area contributed by atoms with Crippen molar-refractivity contribution in [2.45, 2.75) is 33.2 Å². The number of aryl methyl sites for hydroxylation is 1. The van der Waals surface area contributed by atoms with Gasteiger partial charge in [0.25, 0.3) is 5.91 Å². The molecule has 7 heteroatoms. The number of hydrogen-bond acceptors (Lipinski definition) is 4. The number of anilines is 2. The van der Waals surface area contributed by atoms with Crippen molar-refractivity contribution < 1.29 is 14.4 Å². The van der Waals surface area contributed by atoms with E-state index in [-0.39, 0.29) is 23.6 Å². The molecule has 1 aromatic carbocycles. The largest absolute Gasteiger partial charge is 0.347 e. The van der Waals surface area contributed by atoms with Crippen molar-refractivity contribution >= 4 is 39.7 Å². The van der Waals surface area contributed by atoms with E-state index in [4.69, 9.17) is 0 Å². The smallest absolute Gasteiger partial charge is 0.261 e. The van der Waals surface area contributed by atoms with Gasteiger partial charge in [-0.2, -0.15) is 0 Å². The fraction of sp³-hybridized carbons (Fsp3) is 0.316. The predicted octanol–water partition coefficient (Wildman–Crippen LogP) is 3.29. The third-order valence-electron chi connectivity index (χ3n) is 4.02. The number of amides is 3. The lowest BCUT2D eigenvalue weighted by atomic mass is 10.2. The SMILES string of the molecule is CC(=O)Nc1cccc(CNC(=O)c2sc(NC(=O)C3CC3)cc2C)c1. The average molecular weight is 371 g/mol. The minimum absolute atomic E-state index is 0.0352. The van der Waals surface area contributed by atoms with E-state index in [1.165, 1.54) is 18.3 Å². The van der Waals surface area contributed by atoms with Crippen LogP contribution in [0.25, 0.3) is 0 Å². The summed E-state index contributed by atoms with van der Waals surface area (Å²) in [6.07, 6.45) is 1.89. The van der Waals surface area contributed by atoms with E-state index in [1.54, 1.807) is 6.07 Å². The second-order valence-corrected chi connectivity index (χ2v) is 7.50. The van der Waals surface area contributed by atoms with Crippen LogP contribution in [0.3, 0.4) is 0 Å². The van der Waals surface area contributed by atoms with Gasteiger partial charge in [0.1, 0.15) is 0 Å². The number of thiophene rings is 1. The second kappa shape index (κ2) is 7.70. The van der Waals surface area contributed by atoms with Crippen LogP contribution >= 0.6 is 11.3 Å². The highest BCUT2D eigenvalue weighted by molar-refractivity contribution is 7.18. The predicted molar refractivity (Wildman–Crippen MR) is 102 cm³/mol. The standard InChI is InChI=1S/C19H21N3O3S/c1-11-8-16(22-18(24)14-6-7-14)26-17(11)19(25)20-10-13-4-3-5-15(9-13)21-12(2)23/h3-5,8-9,14H,6-7,10H2,1-2H3,(H,20,25)(H,21,23)(H,22,24). The summed E-state index contributed by atoms with van der Waals surface area (Å²) in [5.41, 5.74) is 2.42. The molecule has 6 nitrogen and oxygen atoms in total. The lowest BCUT2D eigenvalue weighted by Crippen LogP contribution is -2.22. The molecule has 1 aliphatic rings. The molecule has 0 atom stereocenters. The number of rotatable bonds is 6. The van der Waals surface area contributed by atoms with Gasteiger partial charge < -0.3 is 16.0 Å². The Morgan fingerprint density at radius 3 is 2.62 bits per heavy atom. The summed E-state index contributed by atoms with van der Waals surface area (Å²) in [6.45, 7) is 3.66. The van der Waals surface area contributed by atoms with E-state index < -0.39 is 0 Å². The van der Waals surface area contributed by atoms with Crippen molar-refractivity contribution in [1.29, 1.82) is 0 Å². The Kier molecular flexibility index (Phi) is 5.37. The lowest BCUT2D eigenvalue weighted by molar-refractivity contribution is -0.117. The van der Waals surface area contributed by atoms with Crippen LogP contribution < -0.4 is 16.0 Å². The van der Waals surface area contributed by atoms with E-state index in [0.29, 0.717) is 22.1 Å². The van der Waals surface area contributed by atoms with Crippen LogP contribution in [0.15, 0.2) is 30.3 Å². The molecule has 0 bridgehead atoms. The van der Waals surface area contributed by atoms with E-state index in [9.17, 15) is 14.4 Å². The highest BCUT2D eigenvalue weighted by Crippen LogP contribution is 2.32. The minimum atomic E-state index is -0.177. The van der Waals surface area contributed by atoms with Crippen LogP contribution in [0.4, 0.5) is 10.7 Å². The van der Waals surface area contributed by atoms with Gasteiger partial charge in [0, 0.05) is 25.1 Å². The zero-order valence-electron chi connectivity index (χ0n) is 14.7. The molecule has 0 radical (unpaired) electrons. The number of hydrogen-bond donors (Lipinski definition) is 3. The number of carbonyl (C=O) groups excluding carboxylic acids is 3. The van der Waals surface area contributed by atoms with Crippen molar-refractivity contribution in [2.24, 2.45) is 5.92 Å². The number of carbonyl (C=O) groups is 3. The Balaban J connectivity index is 1.60. The maximum Gasteiger partial charge on any atom is 0.261 e. The molecule has 0 spiro atoms. The summed E-state index contributed by atoms with van der Waals surface area (Å²) in [7, 11) is 0. The summed E-state index contributed by atoms with van der Waals surface area (Å²) < 4.78 is 0. The zero-order chi connectivity index (χ0) is 18.7. The molecule has 1 aliphatic carbocycles. The fourth-order valence-corrected chi connectivity index (χ4v) is 3.56. The fourth-order valence-electron chi connectivity index (χ4n) is 2.56. The highest BCUT2D eigenvalue weighted by atomic mass is 32.1. The van der Waals surface area contributed by atoms with Gasteiger partial charge in [0.15, 0.2) is 0 Å². The molecule has 3 amide bonds. The van der Waals surface area contributed by atoms with Gasteiger partial charge in [-0.1, -0.05) is 12.1 Å². The third kappa shape index (κ3) is 4.70. The number of benzene rings is 1. The van der Waals surface area contributed by atoms with Crippen LogP contribution in [0.5, 0.6) is 0 Å². The van der Waals surface area contributed by atoms with Gasteiger partial charge in [-0.05, 0) is 49.1 Å². The Labute approximate surface area is 156 Å². The van der Waals surface area contributed by atoms with E-state index in [0.717, 1.165) is 24.0 Å². The molecule has 26 heavy (non-hydrogen) atoms. The molecule has 2 aromatic rings. The summed E-state index contributed by atoms with van der Waals surface area (Å²) in [5.74, 6) is -0.149. The lowest BCUT2D eigenvalue weighted by Gasteiger charge is -2.07. The first-order valence-electron chi connectivity index (χ1n) is 8.48. The molecule has 0 unspecified atom stereocenters. The topological polar surface area (TPSA) is 87.3 Å². The maximum atomic E-state index is 12.5. The van der Waals surface area contributed by atoms with Crippen molar-refractivity contribution in [3.05, 3.63) is 46.3 Å². The molecule has 1 saturated carbocycles. The van der Waals surface area contributed by atoms with Gasteiger partial charge >= 0.3 is 0 Å². The Morgan fingerprint density at radius 1 is 1.15 bits per heavy atom. The molecule has 1 fully saturated rings. The Hall–Kier alpha value is -2.67. The van der Waals surface area contributed by atoms with E-state index >= 15 is 0 Å². The van der Waals surface area contributed by atoms with Gasteiger partial charge in [-0.3, -0.25) is 14.4 Å². The van der Waals surface area contributed by atoms with Crippen LogP contribution in [0, 0.1) is 12.8 Å². The van der Waals surface area contributed by atoms with Crippen LogP contribution in [-0.2, 0) is 16.1 Å². The Bertz CT molecular complexity index is 855. The normalized spacial score (nSPS) is 13.2. The van der Waals surface area contributed by atoms with Gasteiger partial charge in [0.2, 0.25) is 11.8 Å². The highest BCUT2D eigenvalue weighted by Gasteiger charge is 2.30. The minimum Gasteiger partial charge on any atom is -0.347 e. The first kappa shape index (κ1) is 18.1. The molecular weight excluding hydrogens is 350 g/mol. The molecular formula is C19H21N3O3S. The number of nitrogens with one attached hydrogen (secondary N) is 3. The summed E-state index contributed by atoms with van der Waals surface area (Å²) in [4.78, 5) is 36.0. The van der Waals surface area contributed by atoms with Crippen LogP contribution in [-0.4, -0.2) is 17.7 Å². The third-order valence-corrected chi connectivity index (χ3v) is 5.17. The quantitative estimate of drug-likeness (QED) is 0.728. The summed E-state index contributed by atoms with van der Waals surface area (Å²) in [6, 6.07) is 9.16. The average Bonchev–Trinajstić information content (AvgIpc) is 3.36. The molecule has 1 heterocycles. The van der Waals surface area contributed by atoms with Crippen molar-refractivity contribution in [1.82, 2.24) is 5.32 Å². The summed E-state index contributed by atoms with van der Waals surface area (Å²) in [5, 5.41) is 9.19. The van der Waals surface area contributed by atoms with Gasteiger partial charge in [-0.15, -0.1) is 11.3 Å². The van der Waals surface area contributed by atoms with Crippen molar-refractivity contribution in [2.75, 3.05) is 10.6 Å². The first-order valence-corrected chi connectivity index (χ1v) is 9.30. The van der Waals surface area contributed by atoms with Gasteiger partial charge in [-0.25, -0.2) is 0 Å². The van der Waals surface area contributed by atoms with Gasteiger partial charge in [0.05, 0.1) is 9.88 Å². The van der Waals surface area contributed by atoms with Crippen LogP contribution in [0.2, 0.25) is 0 Å². The molecule has 0 aliphatic heterocycles. The maximum absolute atomic E-state index is 12.5. The van der Waals surface area contributed by atoms with E-state index in [2.05, 4.69) is 16.0 Å². The molecule has 136 valence electrons. The first-order chi connectivity index (χ1) is 12.4. The van der Waals surface area contributed by atoms with Crippen LogP contribution in [0.1, 0.15) is 40.6 Å². The molecule has 3 N–H and O–H groups in total. The molecule has 3 rings (SSSR count).